The van der Waals surface area contributed by atoms with Gasteiger partial charge in [-0.1, -0.05) is 0 Å². The van der Waals surface area contributed by atoms with Crippen LogP contribution < -0.4 is 10.6 Å². The molecule has 2 N–H and O–H groups in total. The van der Waals surface area contributed by atoms with Crippen molar-refractivity contribution in [3.63, 3.8) is 0 Å². The number of anilines is 1. The van der Waals surface area contributed by atoms with Crippen LogP contribution in [0.4, 0.5) is 14.5 Å². The number of carbonyl (C=O) groups is 1. The molecule has 0 aromatic heterocycles. The molecule has 17 heavy (non-hydrogen) atoms. The van der Waals surface area contributed by atoms with E-state index in [1.807, 2.05) is 0 Å². The zero-order valence-corrected chi connectivity index (χ0v) is 10.5. The Morgan fingerprint density at radius 2 is 2.06 bits per heavy atom. The van der Waals surface area contributed by atoms with Crippen LogP contribution in [0.5, 0.6) is 0 Å². The maximum absolute atomic E-state index is 13.6. The SMILES string of the molecule is NC1CCCN(c2cc(Br)c(F)cc2F)C1=O. The highest BCUT2D eigenvalue weighted by Gasteiger charge is 2.28. The van der Waals surface area contributed by atoms with Gasteiger partial charge >= 0.3 is 0 Å². The Hall–Kier alpha value is -1.01. The molecule has 92 valence electrons. The normalized spacial score (nSPS) is 20.8. The number of nitrogens with zero attached hydrogens (tertiary/aromatic N) is 1. The number of hydrogen-bond acceptors (Lipinski definition) is 2. The molecule has 1 aliphatic rings. The number of halogens is 3. The first-order valence-corrected chi connectivity index (χ1v) is 6.01. The molecule has 0 radical (unpaired) electrons. The van der Waals surface area contributed by atoms with Crippen molar-refractivity contribution in [3.8, 4) is 0 Å². The second-order valence-corrected chi connectivity index (χ2v) is 4.81. The minimum absolute atomic E-state index is 0.0680. The Kier molecular flexibility index (Phi) is 3.44. The quantitative estimate of drug-likeness (QED) is 0.808. The van der Waals surface area contributed by atoms with Crippen molar-refractivity contribution in [3.05, 3.63) is 28.2 Å². The maximum Gasteiger partial charge on any atom is 0.243 e. The number of benzene rings is 1. The Labute approximate surface area is 106 Å². The van der Waals surface area contributed by atoms with E-state index < -0.39 is 17.7 Å². The predicted molar refractivity (Wildman–Crippen MR) is 63.6 cm³/mol. The number of carbonyl (C=O) groups excluding carboxylic acids is 1. The van der Waals surface area contributed by atoms with Crippen molar-refractivity contribution in [1.82, 2.24) is 0 Å². The number of nitrogens with two attached hydrogens (primary N) is 1. The molecule has 1 aromatic carbocycles. The van der Waals surface area contributed by atoms with Gasteiger partial charge in [0, 0.05) is 12.6 Å². The molecule has 6 heteroatoms. The Morgan fingerprint density at radius 1 is 1.35 bits per heavy atom. The van der Waals surface area contributed by atoms with Gasteiger partial charge in [0.1, 0.15) is 11.6 Å². The zero-order valence-electron chi connectivity index (χ0n) is 8.92. The molecule has 1 saturated heterocycles. The molecule has 0 aliphatic carbocycles. The molecular formula is C11H11BrF2N2O. The van der Waals surface area contributed by atoms with E-state index in [-0.39, 0.29) is 16.1 Å². The summed E-state index contributed by atoms with van der Waals surface area (Å²) in [6, 6.07) is 1.42. The van der Waals surface area contributed by atoms with Gasteiger partial charge in [0.15, 0.2) is 0 Å². The van der Waals surface area contributed by atoms with Crippen LogP contribution in [0.3, 0.4) is 0 Å². The third-order valence-electron chi connectivity index (χ3n) is 2.76. The fourth-order valence-electron chi connectivity index (χ4n) is 1.86. The molecule has 1 amide bonds. The summed E-state index contributed by atoms with van der Waals surface area (Å²) in [5, 5.41) is 0. The first-order valence-electron chi connectivity index (χ1n) is 5.22. The summed E-state index contributed by atoms with van der Waals surface area (Å²) in [6.45, 7) is 0.404. The standard InChI is InChI=1S/C11H11BrF2N2O/c12-6-4-10(8(14)5-7(6)13)16-3-1-2-9(15)11(16)17/h4-5,9H,1-3,15H2. The fraction of sp³-hybridized carbons (Fsp3) is 0.364. The van der Waals surface area contributed by atoms with E-state index in [4.69, 9.17) is 5.73 Å². The monoisotopic (exact) mass is 304 g/mol. The largest absolute Gasteiger partial charge is 0.320 e. The summed E-state index contributed by atoms with van der Waals surface area (Å²) in [4.78, 5) is 13.1. The van der Waals surface area contributed by atoms with Crippen molar-refractivity contribution in [2.45, 2.75) is 18.9 Å². The van der Waals surface area contributed by atoms with Crippen LogP contribution in [0.1, 0.15) is 12.8 Å². The first kappa shape index (κ1) is 12.4. The minimum atomic E-state index is -0.756. The van der Waals surface area contributed by atoms with Crippen LogP contribution in [0.15, 0.2) is 16.6 Å². The van der Waals surface area contributed by atoms with Crippen LogP contribution in [-0.2, 0) is 4.79 Å². The lowest BCUT2D eigenvalue weighted by Crippen LogP contribution is -2.48. The zero-order chi connectivity index (χ0) is 12.6. The third kappa shape index (κ3) is 2.32. The molecule has 0 saturated carbocycles. The third-order valence-corrected chi connectivity index (χ3v) is 3.37. The summed E-state index contributed by atoms with van der Waals surface area (Å²) < 4.78 is 26.8. The van der Waals surface area contributed by atoms with Crippen molar-refractivity contribution in [1.29, 1.82) is 0 Å². The van der Waals surface area contributed by atoms with Crippen molar-refractivity contribution in [2.24, 2.45) is 5.73 Å². The second kappa shape index (κ2) is 4.70. The molecule has 3 nitrogen and oxygen atoms in total. The highest BCUT2D eigenvalue weighted by Crippen LogP contribution is 2.28. The average molecular weight is 305 g/mol. The highest BCUT2D eigenvalue weighted by atomic mass is 79.9. The molecule has 2 rings (SSSR count). The summed E-state index contributed by atoms with van der Waals surface area (Å²) >= 11 is 2.97. The fourth-order valence-corrected chi connectivity index (χ4v) is 2.19. The van der Waals surface area contributed by atoms with E-state index in [1.165, 1.54) is 11.0 Å². The maximum atomic E-state index is 13.6. The molecule has 1 fully saturated rings. The Balaban J connectivity index is 2.39. The van der Waals surface area contributed by atoms with Gasteiger partial charge in [-0.15, -0.1) is 0 Å². The van der Waals surface area contributed by atoms with Crippen LogP contribution in [0.25, 0.3) is 0 Å². The molecule has 0 spiro atoms. The molecule has 1 unspecified atom stereocenters. The molecule has 1 aromatic rings. The van der Waals surface area contributed by atoms with Crippen molar-refractivity contribution >= 4 is 27.5 Å². The summed E-state index contributed by atoms with van der Waals surface area (Å²) in [7, 11) is 0. The molecule has 1 heterocycles. The smallest absolute Gasteiger partial charge is 0.243 e. The lowest BCUT2D eigenvalue weighted by atomic mass is 10.0. The van der Waals surface area contributed by atoms with E-state index in [0.29, 0.717) is 19.4 Å². The second-order valence-electron chi connectivity index (χ2n) is 3.96. The molecule has 1 aliphatic heterocycles. The Morgan fingerprint density at radius 3 is 2.76 bits per heavy atom. The minimum Gasteiger partial charge on any atom is -0.320 e. The van der Waals surface area contributed by atoms with E-state index in [1.54, 1.807) is 0 Å². The van der Waals surface area contributed by atoms with E-state index in [9.17, 15) is 13.6 Å². The highest BCUT2D eigenvalue weighted by molar-refractivity contribution is 9.10. The van der Waals surface area contributed by atoms with Gasteiger partial charge in [-0.25, -0.2) is 8.78 Å². The van der Waals surface area contributed by atoms with Crippen LogP contribution >= 0.6 is 15.9 Å². The Bertz CT molecular complexity index is 467. The van der Waals surface area contributed by atoms with Gasteiger partial charge in [0.05, 0.1) is 16.2 Å². The summed E-state index contributed by atoms with van der Waals surface area (Å²) in [5.41, 5.74) is 5.69. The average Bonchev–Trinajstić information content (AvgIpc) is 2.28. The predicted octanol–water partition coefficient (Wildman–Crippen LogP) is 2.18. The van der Waals surface area contributed by atoms with Gasteiger partial charge in [0.2, 0.25) is 5.91 Å². The topological polar surface area (TPSA) is 46.3 Å². The van der Waals surface area contributed by atoms with Crippen LogP contribution in [0.2, 0.25) is 0 Å². The van der Waals surface area contributed by atoms with Crippen LogP contribution in [-0.4, -0.2) is 18.5 Å². The van der Waals surface area contributed by atoms with Crippen molar-refractivity contribution in [2.75, 3.05) is 11.4 Å². The number of rotatable bonds is 1. The molecular weight excluding hydrogens is 294 g/mol. The lowest BCUT2D eigenvalue weighted by molar-refractivity contribution is -0.120. The van der Waals surface area contributed by atoms with Gasteiger partial charge in [-0.05, 0) is 34.8 Å². The van der Waals surface area contributed by atoms with Gasteiger partial charge in [-0.3, -0.25) is 4.79 Å². The van der Waals surface area contributed by atoms with Gasteiger partial charge in [0.25, 0.3) is 0 Å². The van der Waals surface area contributed by atoms with Crippen LogP contribution in [0, 0.1) is 11.6 Å². The first-order chi connectivity index (χ1) is 8.00. The molecule has 1 atom stereocenters. The van der Waals surface area contributed by atoms with E-state index >= 15 is 0 Å². The summed E-state index contributed by atoms with van der Waals surface area (Å²) in [6.07, 6.45) is 1.31. The summed E-state index contributed by atoms with van der Waals surface area (Å²) in [5.74, 6) is -1.78. The van der Waals surface area contributed by atoms with Gasteiger partial charge in [-0.2, -0.15) is 0 Å². The number of piperidine rings is 1. The number of hydrogen-bond donors (Lipinski definition) is 1. The van der Waals surface area contributed by atoms with Crippen molar-refractivity contribution < 1.29 is 13.6 Å². The van der Waals surface area contributed by atoms with E-state index in [2.05, 4.69) is 15.9 Å². The van der Waals surface area contributed by atoms with E-state index in [0.717, 1.165) is 6.07 Å². The van der Waals surface area contributed by atoms with Gasteiger partial charge < -0.3 is 10.6 Å². The number of amides is 1. The molecule has 0 bridgehead atoms. The lowest BCUT2D eigenvalue weighted by Gasteiger charge is -2.30.